The number of hydrogen-bond donors (Lipinski definition) is 2. The zero-order valence-corrected chi connectivity index (χ0v) is 6.15. The summed E-state index contributed by atoms with van der Waals surface area (Å²) in [5, 5.41) is 11.6. The smallest absolute Gasteiger partial charge is 0.0988 e. The molecule has 0 unspecified atom stereocenters. The van der Waals surface area contributed by atoms with E-state index in [1.807, 2.05) is 0 Å². The Morgan fingerprint density at radius 2 is 2.22 bits per heavy atom. The van der Waals surface area contributed by atoms with Crippen LogP contribution in [0.1, 0.15) is 13.8 Å². The van der Waals surface area contributed by atoms with Crippen LogP contribution in [0.15, 0.2) is 12.3 Å². The fourth-order valence-corrected chi connectivity index (χ4v) is 0.505. The summed E-state index contributed by atoms with van der Waals surface area (Å²) in [6, 6.07) is 0. The molecule has 0 fully saturated rings. The number of nitrogens with one attached hydrogen (secondary N) is 1. The summed E-state index contributed by atoms with van der Waals surface area (Å²) in [5.41, 5.74) is 0. The lowest BCUT2D eigenvalue weighted by molar-refractivity contribution is 0.386. The third-order valence-electron chi connectivity index (χ3n) is 0.882. The second-order valence-corrected chi connectivity index (χ2v) is 2.59. The molecule has 0 amide bonds. The van der Waals surface area contributed by atoms with Crippen molar-refractivity contribution in [3.63, 3.8) is 0 Å². The summed E-state index contributed by atoms with van der Waals surface area (Å²) in [6.07, 6.45) is 0. The first-order chi connectivity index (χ1) is 4.13. The second-order valence-electron chi connectivity index (χ2n) is 2.59. The first kappa shape index (κ1) is 8.50. The number of hydrogen-bond acceptors (Lipinski definition) is 2. The Kier molecular flexibility index (Phi) is 4.14. The number of aliphatic hydroxyl groups excluding tert-OH is 1. The van der Waals surface area contributed by atoms with Gasteiger partial charge >= 0.3 is 0 Å². The lowest BCUT2D eigenvalue weighted by atomic mass is 10.2. The van der Waals surface area contributed by atoms with Gasteiger partial charge in [0.1, 0.15) is 0 Å². The largest absolute Gasteiger partial charge is 0.512 e. The van der Waals surface area contributed by atoms with Crippen LogP contribution in [-0.4, -0.2) is 18.2 Å². The number of aliphatic hydroxyl groups is 1. The topological polar surface area (TPSA) is 32.3 Å². The minimum absolute atomic E-state index is 0.204. The first-order valence-corrected chi connectivity index (χ1v) is 3.20. The maximum Gasteiger partial charge on any atom is 0.0988 e. The lowest BCUT2D eigenvalue weighted by Crippen LogP contribution is -2.21. The van der Waals surface area contributed by atoms with Crippen LogP contribution >= 0.6 is 0 Å². The molecule has 0 aromatic carbocycles. The van der Waals surface area contributed by atoms with Crippen LogP contribution in [0.4, 0.5) is 0 Å². The van der Waals surface area contributed by atoms with Crippen LogP contribution < -0.4 is 5.32 Å². The zero-order valence-electron chi connectivity index (χ0n) is 6.15. The molecule has 2 heteroatoms. The van der Waals surface area contributed by atoms with E-state index in [2.05, 4.69) is 25.7 Å². The molecule has 0 rings (SSSR count). The Balaban J connectivity index is 3.01. The molecule has 0 aliphatic rings. The van der Waals surface area contributed by atoms with Crippen LogP contribution in [0.5, 0.6) is 0 Å². The fourth-order valence-electron chi connectivity index (χ4n) is 0.505. The zero-order chi connectivity index (χ0) is 7.28. The van der Waals surface area contributed by atoms with E-state index in [4.69, 9.17) is 5.11 Å². The summed E-state index contributed by atoms with van der Waals surface area (Å²) >= 11 is 0. The van der Waals surface area contributed by atoms with E-state index >= 15 is 0 Å². The van der Waals surface area contributed by atoms with Crippen molar-refractivity contribution in [3.8, 4) is 0 Å². The molecule has 0 saturated carbocycles. The lowest BCUT2D eigenvalue weighted by Gasteiger charge is -2.04. The van der Waals surface area contributed by atoms with E-state index in [-0.39, 0.29) is 5.76 Å². The van der Waals surface area contributed by atoms with Crippen molar-refractivity contribution >= 4 is 0 Å². The quantitative estimate of drug-likeness (QED) is 0.561. The molecule has 0 heterocycles. The molecule has 54 valence electrons. The molecule has 9 heavy (non-hydrogen) atoms. The minimum atomic E-state index is 0.204. The molecular formula is C7H15NO. The van der Waals surface area contributed by atoms with Crippen LogP contribution in [-0.2, 0) is 0 Å². The molecule has 0 spiro atoms. The van der Waals surface area contributed by atoms with Crippen LogP contribution in [0.3, 0.4) is 0 Å². The molecule has 0 aliphatic carbocycles. The fraction of sp³-hybridized carbons (Fsp3) is 0.714. The maximum atomic E-state index is 8.61. The highest BCUT2D eigenvalue weighted by Crippen LogP contribution is 1.87. The molecule has 2 nitrogen and oxygen atoms in total. The molecular weight excluding hydrogens is 114 g/mol. The standard InChI is InChI=1S/C7H15NO/c1-6(2)4-8-5-7(3)9/h6,8-9H,3-5H2,1-2H3. The second kappa shape index (κ2) is 4.39. The molecule has 0 bridgehead atoms. The summed E-state index contributed by atoms with van der Waals surface area (Å²) < 4.78 is 0. The summed E-state index contributed by atoms with van der Waals surface area (Å²) in [4.78, 5) is 0. The van der Waals surface area contributed by atoms with Crippen LogP contribution in [0.25, 0.3) is 0 Å². The molecule has 0 saturated heterocycles. The summed E-state index contributed by atoms with van der Waals surface area (Å²) in [5.74, 6) is 0.833. The molecule has 2 N–H and O–H groups in total. The Morgan fingerprint density at radius 3 is 2.56 bits per heavy atom. The minimum Gasteiger partial charge on any atom is -0.512 e. The van der Waals surface area contributed by atoms with Gasteiger partial charge in [-0.05, 0) is 12.5 Å². The van der Waals surface area contributed by atoms with E-state index in [1.54, 1.807) is 0 Å². The van der Waals surface area contributed by atoms with Crippen molar-refractivity contribution in [2.45, 2.75) is 13.8 Å². The Labute approximate surface area is 56.6 Å². The van der Waals surface area contributed by atoms with Crippen molar-refractivity contribution in [1.82, 2.24) is 5.32 Å². The van der Waals surface area contributed by atoms with Crippen molar-refractivity contribution in [3.05, 3.63) is 12.3 Å². The van der Waals surface area contributed by atoms with Crippen molar-refractivity contribution in [2.24, 2.45) is 5.92 Å². The predicted octanol–water partition coefficient (Wildman–Crippen LogP) is 1.30. The van der Waals surface area contributed by atoms with Crippen molar-refractivity contribution in [1.29, 1.82) is 0 Å². The third kappa shape index (κ3) is 7.50. The third-order valence-corrected chi connectivity index (χ3v) is 0.882. The Hall–Kier alpha value is -0.500. The number of rotatable bonds is 4. The normalized spacial score (nSPS) is 10.1. The average Bonchev–Trinajstić information content (AvgIpc) is 1.63. The van der Waals surface area contributed by atoms with Gasteiger partial charge in [-0.25, -0.2) is 0 Å². The predicted molar refractivity (Wildman–Crippen MR) is 39.5 cm³/mol. The van der Waals surface area contributed by atoms with Gasteiger partial charge in [0.2, 0.25) is 0 Å². The first-order valence-electron chi connectivity index (χ1n) is 3.20. The van der Waals surface area contributed by atoms with E-state index in [9.17, 15) is 0 Å². The van der Waals surface area contributed by atoms with Gasteiger partial charge < -0.3 is 10.4 Å². The van der Waals surface area contributed by atoms with Gasteiger partial charge in [0, 0.05) is 0 Å². The van der Waals surface area contributed by atoms with Gasteiger partial charge in [0.15, 0.2) is 0 Å². The molecule has 0 radical (unpaired) electrons. The highest BCUT2D eigenvalue weighted by atomic mass is 16.3. The van der Waals surface area contributed by atoms with E-state index in [0.717, 1.165) is 6.54 Å². The molecule has 0 aromatic rings. The summed E-state index contributed by atoms with van der Waals surface area (Å²) in [6.45, 7) is 9.02. The highest BCUT2D eigenvalue weighted by molar-refractivity contribution is 4.81. The van der Waals surface area contributed by atoms with E-state index in [0.29, 0.717) is 12.5 Å². The average molecular weight is 129 g/mol. The van der Waals surface area contributed by atoms with E-state index < -0.39 is 0 Å². The van der Waals surface area contributed by atoms with Gasteiger partial charge in [-0.3, -0.25) is 0 Å². The van der Waals surface area contributed by atoms with Crippen LogP contribution in [0.2, 0.25) is 0 Å². The van der Waals surface area contributed by atoms with Gasteiger partial charge in [0.25, 0.3) is 0 Å². The van der Waals surface area contributed by atoms with Gasteiger partial charge in [-0.15, -0.1) is 0 Å². The summed E-state index contributed by atoms with van der Waals surface area (Å²) in [7, 11) is 0. The van der Waals surface area contributed by atoms with Gasteiger partial charge in [-0.1, -0.05) is 20.4 Å². The Bertz CT molecular complexity index is 88.9. The monoisotopic (exact) mass is 129 g/mol. The van der Waals surface area contributed by atoms with Gasteiger partial charge in [0.05, 0.1) is 12.3 Å². The molecule has 0 aromatic heterocycles. The molecule has 0 aliphatic heterocycles. The SMILES string of the molecule is C=C(O)CNCC(C)C. The Morgan fingerprint density at radius 1 is 1.67 bits per heavy atom. The highest BCUT2D eigenvalue weighted by Gasteiger charge is 1.91. The van der Waals surface area contributed by atoms with Crippen LogP contribution in [0, 0.1) is 5.92 Å². The van der Waals surface area contributed by atoms with Crippen molar-refractivity contribution < 1.29 is 5.11 Å². The molecule has 0 atom stereocenters. The van der Waals surface area contributed by atoms with Crippen molar-refractivity contribution in [2.75, 3.05) is 13.1 Å². The maximum absolute atomic E-state index is 8.61. The van der Waals surface area contributed by atoms with E-state index in [1.165, 1.54) is 0 Å². The van der Waals surface area contributed by atoms with Gasteiger partial charge in [-0.2, -0.15) is 0 Å².